The molecule has 0 bridgehead atoms. The minimum Gasteiger partial charge on any atom is -0.449 e. The van der Waals surface area contributed by atoms with Crippen LogP contribution in [0.15, 0.2) is 0 Å². The third-order valence-corrected chi connectivity index (χ3v) is 4.28. The maximum Gasteiger partial charge on any atom is 0.421 e. The molecule has 8 heteroatoms. The molecule has 1 aliphatic heterocycles. The van der Waals surface area contributed by atoms with Crippen LogP contribution in [0.3, 0.4) is 0 Å². The molecule has 0 aromatic heterocycles. The van der Waals surface area contributed by atoms with Crippen molar-refractivity contribution in [2.75, 3.05) is 19.7 Å². The van der Waals surface area contributed by atoms with Crippen molar-refractivity contribution in [2.24, 2.45) is 11.7 Å². The number of nitrogens with two attached hydrogens (primary N) is 1. The molecule has 0 radical (unpaired) electrons. The Labute approximate surface area is 101 Å². The summed E-state index contributed by atoms with van der Waals surface area (Å²) in [6, 6.07) is 0. The molecule has 0 atom stereocenters. The van der Waals surface area contributed by atoms with Gasteiger partial charge in [0.05, 0.1) is 6.61 Å². The Morgan fingerprint density at radius 3 is 2.47 bits per heavy atom. The van der Waals surface area contributed by atoms with Gasteiger partial charge in [0.2, 0.25) is 0 Å². The molecule has 0 aromatic rings. The lowest BCUT2D eigenvalue weighted by atomic mass is 9.82. The second-order valence-corrected chi connectivity index (χ2v) is 6.15. The van der Waals surface area contributed by atoms with Crippen molar-refractivity contribution >= 4 is 16.3 Å². The van der Waals surface area contributed by atoms with Gasteiger partial charge in [-0.2, -0.15) is 12.7 Å². The highest BCUT2D eigenvalue weighted by Crippen LogP contribution is 2.27. The van der Waals surface area contributed by atoms with Crippen molar-refractivity contribution in [1.29, 1.82) is 0 Å². The van der Waals surface area contributed by atoms with Gasteiger partial charge in [0.25, 0.3) is 0 Å². The third-order valence-electron chi connectivity index (χ3n) is 2.92. The van der Waals surface area contributed by atoms with Gasteiger partial charge >= 0.3 is 16.3 Å². The number of ether oxygens (including phenoxy) is 1. The number of rotatable bonds is 4. The Morgan fingerprint density at radius 1 is 1.53 bits per heavy atom. The van der Waals surface area contributed by atoms with E-state index in [0.29, 0.717) is 0 Å². The quantitative estimate of drug-likeness (QED) is 0.723. The van der Waals surface area contributed by atoms with Crippen LogP contribution in [0.4, 0.5) is 4.79 Å². The minimum atomic E-state index is -3.82. The first kappa shape index (κ1) is 14.2. The predicted molar refractivity (Wildman–Crippen MR) is 62.4 cm³/mol. The van der Waals surface area contributed by atoms with E-state index in [1.807, 2.05) is 18.6 Å². The Morgan fingerprint density at radius 2 is 2.06 bits per heavy atom. The van der Waals surface area contributed by atoms with Crippen LogP contribution < -0.4 is 10.5 Å². The van der Waals surface area contributed by atoms with Gasteiger partial charge in [0, 0.05) is 18.6 Å². The molecule has 1 amide bonds. The lowest BCUT2D eigenvalue weighted by molar-refractivity contribution is 0.108. The van der Waals surface area contributed by atoms with Gasteiger partial charge in [-0.05, 0) is 12.8 Å². The molecule has 0 unspecified atom stereocenters. The zero-order valence-electron chi connectivity index (χ0n) is 10.3. The van der Waals surface area contributed by atoms with Gasteiger partial charge in [0.15, 0.2) is 0 Å². The SMILES string of the molecule is CCOC(=O)NS(=O)(=O)N1CC(N)(C(C)C)C1. The normalized spacial score (nSPS) is 19.8. The van der Waals surface area contributed by atoms with Crippen molar-refractivity contribution < 1.29 is 17.9 Å². The molecule has 7 nitrogen and oxygen atoms in total. The Bertz CT molecular complexity index is 387. The monoisotopic (exact) mass is 265 g/mol. The molecule has 0 aliphatic carbocycles. The standard InChI is InChI=1S/C9H19N3O4S/c1-4-16-8(13)11-17(14,15)12-5-9(10,6-12)7(2)3/h7H,4-6,10H2,1-3H3,(H,11,13). The van der Waals surface area contributed by atoms with Gasteiger partial charge in [-0.25, -0.2) is 9.52 Å². The highest BCUT2D eigenvalue weighted by Gasteiger charge is 2.47. The topological polar surface area (TPSA) is 102 Å². The van der Waals surface area contributed by atoms with E-state index in [0.717, 1.165) is 4.31 Å². The van der Waals surface area contributed by atoms with Crippen LogP contribution in [0.5, 0.6) is 0 Å². The first-order valence-electron chi connectivity index (χ1n) is 5.45. The summed E-state index contributed by atoms with van der Waals surface area (Å²) in [5.41, 5.74) is 5.46. The molecule has 0 saturated carbocycles. The maximum absolute atomic E-state index is 11.7. The fourth-order valence-electron chi connectivity index (χ4n) is 1.48. The van der Waals surface area contributed by atoms with Crippen LogP contribution in [0.25, 0.3) is 0 Å². The van der Waals surface area contributed by atoms with Crippen molar-refractivity contribution in [3.8, 4) is 0 Å². The van der Waals surface area contributed by atoms with Crippen LogP contribution in [0.1, 0.15) is 20.8 Å². The van der Waals surface area contributed by atoms with Crippen molar-refractivity contribution in [3.05, 3.63) is 0 Å². The molecule has 1 fully saturated rings. The number of hydrogen-bond donors (Lipinski definition) is 2. The zero-order valence-corrected chi connectivity index (χ0v) is 11.1. The smallest absolute Gasteiger partial charge is 0.421 e. The lowest BCUT2D eigenvalue weighted by Crippen LogP contribution is -2.72. The highest BCUT2D eigenvalue weighted by atomic mass is 32.2. The van der Waals surface area contributed by atoms with E-state index in [2.05, 4.69) is 4.74 Å². The molecule has 0 aromatic carbocycles. The summed E-state index contributed by atoms with van der Waals surface area (Å²) in [6.07, 6.45) is -0.966. The van der Waals surface area contributed by atoms with E-state index in [1.165, 1.54) is 0 Å². The summed E-state index contributed by atoms with van der Waals surface area (Å²) in [4.78, 5) is 11.0. The Kier molecular flexibility index (Phi) is 4.00. The number of nitrogens with zero attached hydrogens (tertiary/aromatic N) is 1. The maximum atomic E-state index is 11.7. The van der Waals surface area contributed by atoms with Crippen molar-refractivity contribution in [3.63, 3.8) is 0 Å². The van der Waals surface area contributed by atoms with E-state index >= 15 is 0 Å². The van der Waals surface area contributed by atoms with Crippen LogP contribution in [0, 0.1) is 5.92 Å². The number of nitrogens with one attached hydrogen (secondary N) is 1. The average Bonchev–Trinajstić information content (AvgIpc) is 2.11. The van der Waals surface area contributed by atoms with Gasteiger partial charge in [0.1, 0.15) is 0 Å². The molecule has 17 heavy (non-hydrogen) atoms. The molecule has 0 spiro atoms. The van der Waals surface area contributed by atoms with Gasteiger partial charge < -0.3 is 10.5 Å². The summed E-state index contributed by atoms with van der Waals surface area (Å²) < 4.78 is 30.8. The molecule has 1 saturated heterocycles. The lowest BCUT2D eigenvalue weighted by Gasteiger charge is -2.48. The van der Waals surface area contributed by atoms with Crippen LogP contribution in [-0.2, 0) is 14.9 Å². The summed E-state index contributed by atoms with van der Waals surface area (Å²) >= 11 is 0. The molecule has 1 rings (SSSR count). The summed E-state index contributed by atoms with van der Waals surface area (Å²) in [5.74, 6) is 0.177. The fourth-order valence-corrected chi connectivity index (χ4v) is 2.70. The number of carbonyl (C=O) groups is 1. The first-order chi connectivity index (χ1) is 7.71. The summed E-state index contributed by atoms with van der Waals surface area (Å²) in [6.45, 7) is 6.00. The second-order valence-electron chi connectivity index (χ2n) is 4.48. The number of amides is 1. The third kappa shape index (κ3) is 3.08. The van der Waals surface area contributed by atoms with Gasteiger partial charge in [-0.15, -0.1) is 0 Å². The van der Waals surface area contributed by atoms with E-state index in [9.17, 15) is 13.2 Å². The zero-order chi connectivity index (χ0) is 13.3. The second kappa shape index (κ2) is 4.79. The Hall–Kier alpha value is -0.860. The highest BCUT2D eigenvalue weighted by molar-refractivity contribution is 7.87. The predicted octanol–water partition coefficient (Wildman–Crippen LogP) is -0.354. The van der Waals surface area contributed by atoms with E-state index in [4.69, 9.17) is 5.73 Å². The van der Waals surface area contributed by atoms with Crippen LogP contribution in [0.2, 0.25) is 0 Å². The van der Waals surface area contributed by atoms with Gasteiger partial charge in [-0.3, -0.25) is 0 Å². The van der Waals surface area contributed by atoms with Gasteiger partial charge in [-0.1, -0.05) is 13.8 Å². The fraction of sp³-hybridized carbons (Fsp3) is 0.889. The van der Waals surface area contributed by atoms with Crippen molar-refractivity contribution in [1.82, 2.24) is 9.03 Å². The van der Waals surface area contributed by atoms with Crippen LogP contribution >= 0.6 is 0 Å². The molecule has 1 heterocycles. The first-order valence-corrected chi connectivity index (χ1v) is 6.89. The Balaban J connectivity index is 2.56. The molecule has 3 N–H and O–H groups in total. The van der Waals surface area contributed by atoms with Crippen molar-refractivity contribution in [2.45, 2.75) is 26.3 Å². The minimum absolute atomic E-state index is 0.119. The van der Waals surface area contributed by atoms with Crippen LogP contribution in [-0.4, -0.2) is 44.1 Å². The van der Waals surface area contributed by atoms with E-state index in [1.54, 1.807) is 6.92 Å². The molecule has 100 valence electrons. The number of hydrogen-bond acceptors (Lipinski definition) is 5. The number of carbonyl (C=O) groups excluding carboxylic acids is 1. The molecular formula is C9H19N3O4S. The van der Waals surface area contributed by atoms with E-state index < -0.39 is 21.8 Å². The summed E-state index contributed by atoms with van der Waals surface area (Å²) in [7, 11) is -3.82. The molecule has 1 aliphatic rings. The average molecular weight is 265 g/mol. The molecular weight excluding hydrogens is 246 g/mol. The van der Waals surface area contributed by atoms with E-state index in [-0.39, 0.29) is 25.6 Å². The summed E-state index contributed by atoms with van der Waals surface area (Å²) in [5, 5.41) is 0. The largest absolute Gasteiger partial charge is 0.449 e.